The normalized spacial score (nSPS) is 15.2. The molecular weight excluding hydrogens is 330 g/mol. The first-order valence-corrected chi connectivity index (χ1v) is 9.26. The summed E-state index contributed by atoms with van der Waals surface area (Å²) in [5.41, 5.74) is 1.78. The summed E-state index contributed by atoms with van der Waals surface area (Å²) in [7, 11) is 0. The van der Waals surface area contributed by atoms with Gasteiger partial charge in [-0.3, -0.25) is 4.90 Å². The number of hydrogen-bond acceptors (Lipinski definition) is 4. The van der Waals surface area contributed by atoms with E-state index in [0.717, 1.165) is 69.4 Å². The van der Waals surface area contributed by atoms with Gasteiger partial charge in [-0.05, 0) is 42.8 Å². The fourth-order valence-electron chi connectivity index (χ4n) is 2.98. The second-order valence-electron chi connectivity index (χ2n) is 6.43. The summed E-state index contributed by atoms with van der Waals surface area (Å²) in [5.74, 6) is 0.821. The van der Waals surface area contributed by atoms with Gasteiger partial charge in [-0.15, -0.1) is 0 Å². The van der Waals surface area contributed by atoms with Crippen molar-refractivity contribution in [1.82, 2.24) is 9.80 Å². The smallest absolute Gasteiger partial charge is 0.321 e. The van der Waals surface area contributed by atoms with Gasteiger partial charge in [0.05, 0.1) is 12.9 Å². The maximum atomic E-state index is 12.4. The third kappa shape index (κ3) is 5.09. The molecule has 3 rings (SSSR count). The summed E-state index contributed by atoms with van der Waals surface area (Å²) in [4.78, 5) is 16.6. The number of hydrogen-bond donors (Lipinski definition) is 1. The Hall–Kier alpha value is -2.31. The number of nitrogens with zero attached hydrogens (tertiary/aromatic N) is 2. The molecule has 0 aliphatic carbocycles. The molecule has 140 valence electrons. The van der Waals surface area contributed by atoms with Crippen LogP contribution in [0.4, 0.5) is 10.5 Å². The van der Waals surface area contributed by atoms with Crippen molar-refractivity contribution < 1.29 is 13.9 Å². The van der Waals surface area contributed by atoms with E-state index < -0.39 is 0 Å². The van der Waals surface area contributed by atoms with E-state index in [4.69, 9.17) is 9.15 Å². The van der Waals surface area contributed by atoms with Crippen LogP contribution in [0.5, 0.6) is 0 Å². The largest absolute Gasteiger partial charge is 0.464 e. The van der Waals surface area contributed by atoms with Crippen molar-refractivity contribution in [2.75, 3.05) is 51.3 Å². The lowest BCUT2D eigenvalue weighted by atomic mass is 10.1. The molecule has 26 heavy (non-hydrogen) atoms. The van der Waals surface area contributed by atoms with Crippen molar-refractivity contribution in [2.24, 2.45) is 0 Å². The molecule has 1 aromatic carbocycles. The third-order valence-electron chi connectivity index (χ3n) is 4.50. The molecule has 6 heteroatoms. The first-order chi connectivity index (χ1) is 12.8. The van der Waals surface area contributed by atoms with E-state index in [2.05, 4.69) is 17.1 Å². The number of rotatable bonds is 7. The number of benzene rings is 1. The quantitative estimate of drug-likeness (QED) is 0.770. The first kappa shape index (κ1) is 18.5. The van der Waals surface area contributed by atoms with Crippen molar-refractivity contribution >= 4 is 11.7 Å². The van der Waals surface area contributed by atoms with Crippen molar-refractivity contribution in [2.45, 2.75) is 13.3 Å². The minimum atomic E-state index is -0.0439. The fourth-order valence-corrected chi connectivity index (χ4v) is 2.98. The molecule has 2 heterocycles. The SMILES string of the molecule is CCCOCCN1CCN(C(=O)Nc2ccc(-c3ccco3)cc2)CC1. The Balaban J connectivity index is 1.43. The van der Waals surface area contributed by atoms with Crippen LogP contribution in [0.1, 0.15) is 13.3 Å². The predicted octanol–water partition coefficient (Wildman–Crippen LogP) is 3.52. The van der Waals surface area contributed by atoms with Gasteiger partial charge in [-0.1, -0.05) is 6.92 Å². The molecule has 1 saturated heterocycles. The Kier molecular flexibility index (Phi) is 6.68. The van der Waals surface area contributed by atoms with E-state index in [0.29, 0.717) is 0 Å². The number of furan rings is 1. The van der Waals surface area contributed by atoms with E-state index in [1.807, 2.05) is 41.3 Å². The van der Waals surface area contributed by atoms with Crippen LogP contribution in [-0.4, -0.2) is 61.8 Å². The number of carbonyl (C=O) groups is 1. The molecule has 0 spiro atoms. The van der Waals surface area contributed by atoms with E-state index >= 15 is 0 Å². The molecule has 1 N–H and O–H groups in total. The zero-order valence-corrected chi connectivity index (χ0v) is 15.3. The number of urea groups is 1. The number of amides is 2. The Labute approximate surface area is 154 Å². The monoisotopic (exact) mass is 357 g/mol. The van der Waals surface area contributed by atoms with Gasteiger partial charge < -0.3 is 19.4 Å². The standard InChI is InChI=1S/C20H27N3O3/c1-2-14-25-16-13-22-9-11-23(12-10-22)20(24)21-18-7-5-17(6-8-18)19-4-3-15-26-19/h3-8,15H,2,9-14,16H2,1H3,(H,21,24). The molecular formula is C20H27N3O3. The summed E-state index contributed by atoms with van der Waals surface area (Å²) >= 11 is 0. The topological polar surface area (TPSA) is 58.0 Å². The lowest BCUT2D eigenvalue weighted by Crippen LogP contribution is -2.50. The molecule has 0 radical (unpaired) electrons. The van der Waals surface area contributed by atoms with Crippen molar-refractivity contribution in [3.05, 3.63) is 42.7 Å². The molecule has 0 bridgehead atoms. The number of piperazine rings is 1. The molecule has 1 aliphatic heterocycles. The average Bonchev–Trinajstić information content (AvgIpc) is 3.21. The molecule has 1 aromatic heterocycles. The zero-order valence-electron chi connectivity index (χ0n) is 15.3. The zero-order chi connectivity index (χ0) is 18.2. The van der Waals surface area contributed by atoms with E-state index in [1.54, 1.807) is 6.26 Å². The molecule has 2 aromatic rings. The van der Waals surface area contributed by atoms with Crippen LogP contribution in [-0.2, 0) is 4.74 Å². The number of nitrogens with one attached hydrogen (secondary N) is 1. The maximum Gasteiger partial charge on any atom is 0.321 e. The van der Waals surface area contributed by atoms with Gasteiger partial charge >= 0.3 is 6.03 Å². The summed E-state index contributed by atoms with van der Waals surface area (Å²) in [6, 6.07) is 11.4. The van der Waals surface area contributed by atoms with Gasteiger partial charge in [-0.25, -0.2) is 4.79 Å². The lowest BCUT2D eigenvalue weighted by Gasteiger charge is -2.34. The maximum absolute atomic E-state index is 12.4. The highest BCUT2D eigenvalue weighted by Gasteiger charge is 2.20. The Morgan fingerprint density at radius 3 is 2.54 bits per heavy atom. The minimum Gasteiger partial charge on any atom is -0.464 e. The second-order valence-corrected chi connectivity index (χ2v) is 6.43. The van der Waals surface area contributed by atoms with Crippen molar-refractivity contribution in [1.29, 1.82) is 0 Å². The van der Waals surface area contributed by atoms with Crippen LogP contribution in [0.3, 0.4) is 0 Å². The number of carbonyl (C=O) groups excluding carboxylic acids is 1. The van der Waals surface area contributed by atoms with Gasteiger partial charge in [0.25, 0.3) is 0 Å². The van der Waals surface area contributed by atoms with Gasteiger partial charge in [0.1, 0.15) is 5.76 Å². The minimum absolute atomic E-state index is 0.0439. The molecule has 0 saturated carbocycles. The first-order valence-electron chi connectivity index (χ1n) is 9.26. The lowest BCUT2D eigenvalue weighted by molar-refractivity contribution is 0.0841. The van der Waals surface area contributed by atoms with Crippen LogP contribution < -0.4 is 5.32 Å². The molecule has 1 aliphatic rings. The van der Waals surface area contributed by atoms with E-state index in [-0.39, 0.29) is 6.03 Å². The molecule has 0 atom stereocenters. The molecule has 1 fully saturated rings. The summed E-state index contributed by atoms with van der Waals surface area (Å²) in [6.07, 6.45) is 2.71. The third-order valence-corrected chi connectivity index (χ3v) is 4.50. The highest BCUT2D eigenvalue weighted by atomic mass is 16.5. The van der Waals surface area contributed by atoms with Crippen molar-refractivity contribution in [3.63, 3.8) is 0 Å². The number of anilines is 1. The highest BCUT2D eigenvalue weighted by Crippen LogP contribution is 2.21. The Bertz CT molecular complexity index is 662. The highest BCUT2D eigenvalue weighted by molar-refractivity contribution is 5.89. The van der Waals surface area contributed by atoms with Gasteiger partial charge in [-0.2, -0.15) is 0 Å². The summed E-state index contributed by atoms with van der Waals surface area (Å²) in [5, 5.41) is 2.97. The van der Waals surface area contributed by atoms with Crippen LogP contribution in [0.2, 0.25) is 0 Å². The van der Waals surface area contributed by atoms with Gasteiger partial charge in [0.15, 0.2) is 0 Å². The van der Waals surface area contributed by atoms with Crippen LogP contribution >= 0.6 is 0 Å². The summed E-state index contributed by atoms with van der Waals surface area (Å²) in [6.45, 7) is 7.89. The fraction of sp³-hybridized carbons (Fsp3) is 0.450. The van der Waals surface area contributed by atoms with Crippen LogP contribution in [0.15, 0.2) is 47.1 Å². The second kappa shape index (κ2) is 9.40. The van der Waals surface area contributed by atoms with Gasteiger partial charge in [0.2, 0.25) is 0 Å². The molecule has 0 unspecified atom stereocenters. The Morgan fingerprint density at radius 1 is 1.12 bits per heavy atom. The average molecular weight is 357 g/mol. The van der Waals surface area contributed by atoms with E-state index in [9.17, 15) is 4.79 Å². The predicted molar refractivity (Wildman–Crippen MR) is 102 cm³/mol. The van der Waals surface area contributed by atoms with Crippen molar-refractivity contribution in [3.8, 4) is 11.3 Å². The Morgan fingerprint density at radius 2 is 1.88 bits per heavy atom. The number of ether oxygens (including phenoxy) is 1. The summed E-state index contributed by atoms with van der Waals surface area (Å²) < 4.78 is 10.9. The van der Waals surface area contributed by atoms with E-state index in [1.165, 1.54) is 0 Å². The molecule has 2 amide bonds. The van der Waals surface area contributed by atoms with Crippen LogP contribution in [0, 0.1) is 0 Å². The van der Waals surface area contributed by atoms with Gasteiger partial charge in [0, 0.05) is 50.6 Å². The van der Waals surface area contributed by atoms with Crippen LogP contribution in [0.25, 0.3) is 11.3 Å². The molecule has 6 nitrogen and oxygen atoms in total.